The Morgan fingerprint density at radius 3 is 2.33 bits per heavy atom. The average Bonchev–Trinajstić information content (AvgIpc) is 3.33. The summed E-state index contributed by atoms with van der Waals surface area (Å²) in [7, 11) is -4.02. The van der Waals surface area contributed by atoms with Gasteiger partial charge in [-0.25, -0.2) is 17.9 Å². The number of fused-ring (bicyclic) bond motifs is 4. The van der Waals surface area contributed by atoms with E-state index in [1.165, 1.54) is 0 Å². The van der Waals surface area contributed by atoms with Gasteiger partial charge in [-0.15, -0.1) is 0 Å². The molecule has 1 unspecified atom stereocenters. The van der Waals surface area contributed by atoms with Crippen molar-refractivity contribution in [1.29, 1.82) is 0 Å². The van der Waals surface area contributed by atoms with E-state index in [-0.39, 0.29) is 41.9 Å². The lowest BCUT2D eigenvalue weighted by atomic mass is 9.88. The first kappa shape index (κ1) is 33.0. The highest BCUT2D eigenvalue weighted by Crippen LogP contribution is 2.45. The first-order valence-electron chi connectivity index (χ1n) is 15.5. The molecule has 1 amide bonds. The summed E-state index contributed by atoms with van der Waals surface area (Å²) in [6.07, 6.45) is 2.09. The quantitative estimate of drug-likeness (QED) is 0.119. The Labute approximate surface area is 270 Å². The zero-order valence-electron chi connectivity index (χ0n) is 27.0. The minimum atomic E-state index is -4.02. The molecule has 11 heteroatoms. The number of guanidine groups is 1. The molecule has 0 radical (unpaired) electrons. The minimum absolute atomic E-state index is 0.0906. The van der Waals surface area contributed by atoms with Gasteiger partial charge in [-0.05, 0) is 105 Å². The number of benzene rings is 3. The van der Waals surface area contributed by atoms with Crippen molar-refractivity contribution in [2.45, 2.75) is 82.8 Å². The molecule has 3 aromatic rings. The van der Waals surface area contributed by atoms with Gasteiger partial charge in [0.1, 0.15) is 24.2 Å². The van der Waals surface area contributed by atoms with E-state index in [1.54, 1.807) is 13.8 Å². The van der Waals surface area contributed by atoms with Gasteiger partial charge in [0.2, 0.25) is 5.96 Å². The van der Waals surface area contributed by atoms with Crippen LogP contribution in [0.1, 0.15) is 72.4 Å². The van der Waals surface area contributed by atoms with Crippen LogP contribution in [0.4, 0.5) is 4.79 Å². The number of ether oxygens (including phenoxy) is 2. The highest BCUT2D eigenvalue weighted by atomic mass is 32.2. The van der Waals surface area contributed by atoms with Crippen LogP contribution in [-0.4, -0.2) is 51.6 Å². The Balaban J connectivity index is 1.14. The Hall–Kier alpha value is -4.38. The number of nitrogens with one attached hydrogen (secondary N) is 2. The molecule has 244 valence electrons. The van der Waals surface area contributed by atoms with E-state index in [9.17, 15) is 18.0 Å². The Bertz CT molecular complexity index is 1760. The van der Waals surface area contributed by atoms with Crippen LogP contribution in [0.25, 0.3) is 11.1 Å². The Morgan fingerprint density at radius 2 is 1.70 bits per heavy atom. The van der Waals surface area contributed by atoms with E-state index in [1.807, 2.05) is 57.2 Å². The number of amides is 1. The van der Waals surface area contributed by atoms with Crippen molar-refractivity contribution in [1.82, 2.24) is 10.0 Å². The van der Waals surface area contributed by atoms with E-state index < -0.39 is 22.2 Å². The highest BCUT2D eigenvalue weighted by molar-refractivity contribution is 7.90. The third-order valence-electron chi connectivity index (χ3n) is 8.94. The Morgan fingerprint density at radius 1 is 1.07 bits per heavy atom. The van der Waals surface area contributed by atoms with Gasteiger partial charge in [-0.3, -0.25) is 4.99 Å². The smallest absolute Gasteiger partial charge is 0.407 e. The van der Waals surface area contributed by atoms with E-state index in [0.717, 1.165) is 45.6 Å². The molecule has 1 heterocycles. The number of carbonyl (C=O) groups excluding carboxylic acids is 2. The number of hydrogen-bond donors (Lipinski definition) is 3. The van der Waals surface area contributed by atoms with Crippen molar-refractivity contribution in [3.8, 4) is 16.9 Å². The molecular weight excluding hydrogens is 604 g/mol. The first-order valence-corrected chi connectivity index (χ1v) is 17.0. The fourth-order valence-electron chi connectivity index (χ4n) is 6.45. The average molecular weight is 647 g/mol. The molecule has 10 nitrogen and oxygen atoms in total. The molecule has 0 saturated heterocycles. The summed E-state index contributed by atoms with van der Waals surface area (Å²) in [5.41, 5.74) is 13.0. The van der Waals surface area contributed by atoms with Crippen LogP contribution >= 0.6 is 0 Å². The molecule has 0 saturated carbocycles. The molecule has 0 fully saturated rings. The summed E-state index contributed by atoms with van der Waals surface area (Å²) < 4.78 is 41.0. The molecule has 0 spiro atoms. The van der Waals surface area contributed by atoms with Crippen molar-refractivity contribution in [2.75, 3.05) is 13.2 Å². The second-order valence-corrected chi connectivity index (χ2v) is 14.2. The summed E-state index contributed by atoms with van der Waals surface area (Å²) in [6, 6.07) is 15.3. The molecule has 1 atom stereocenters. The van der Waals surface area contributed by atoms with Gasteiger partial charge in [-0.1, -0.05) is 48.5 Å². The molecule has 0 bridgehead atoms. The van der Waals surface area contributed by atoms with Crippen molar-refractivity contribution in [3.63, 3.8) is 0 Å². The summed E-state index contributed by atoms with van der Waals surface area (Å²) in [4.78, 5) is 28.6. The van der Waals surface area contributed by atoms with Crippen LogP contribution in [0.5, 0.6) is 5.75 Å². The van der Waals surface area contributed by atoms with Crippen LogP contribution in [0.2, 0.25) is 0 Å². The van der Waals surface area contributed by atoms with Crippen molar-refractivity contribution in [2.24, 2.45) is 10.7 Å². The summed E-state index contributed by atoms with van der Waals surface area (Å²) in [5.74, 6) is 0.411. The van der Waals surface area contributed by atoms with Crippen LogP contribution in [0, 0.1) is 20.8 Å². The van der Waals surface area contributed by atoms with Crippen LogP contribution in [0.15, 0.2) is 58.4 Å². The van der Waals surface area contributed by atoms with Gasteiger partial charge >= 0.3 is 6.09 Å². The minimum Gasteiger partial charge on any atom is -0.487 e. The Kier molecular flexibility index (Phi) is 9.44. The topological polar surface area (TPSA) is 149 Å². The number of aldehydes is 1. The molecule has 3 aromatic carbocycles. The maximum absolute atomic E-state index is 13.4. The molecule has 1 aliphatic carbocycles. The van der Waals surface area contributed by atoms with Crippen LogP contribution in [-0.2, 0) is 26.0 Å². The maximum atomic E-state index is 13.4. The van der Waals surface area contributed by atoms with Gasteiger partial charge in [-0.2, -0.15) is 0 Å². The van der Waals surface area contributed by atoms with Gasteiger partial charge in [0.15, 0.2) is 0 Å². The molecule has 4 N–H and O–H groups in total. The summed E-state index contributed by atoms with van der Waals surface area (Å²) in [6.45, 7) is 9.76. The third-order valence-corrected chi connectivity index (χ3v) is 10.6. The SMILES string of the molecule is Cc1c(C)c(S(=O)(=O)NC(N)=NCCCC(C=O)NC(=O)OCC2c3ccccc3-c3ccccc32)c(C)c2c1OC(C)(C)CC2. The number of nitrogens with two attached hydrogens (primary N) is 1. The lowest BCUT2D eigenvalue weighted by molar-refractivity contribution is -0.109. The van der Waals surface area contributed by atoms with Crippen molar-refractivity contribution >= 4 is 28.4 Å². The monoisotopic (exact) mass is 646 g/mol. The molecule has 1 aliphatic heterocycles. The number of rotatable bonds is 10. The number of nitrogens with zero attached hydrogens (tertiary/aromatic N) is 1. The van der Waals surface area contributed by atoms with E-state index in [4.69, 9.17) is 15.2 Å². The zero-order valence-corrected chi connectivity index (χ0v) is 27.8. The third kappa shape index (κ3) is 6.74. The summed E-state index contributed by atoms with van der Waals surface area (Å²) >= 11 is 0. The molecule has 2 aliphatic rings. The van der Waals surface area contributed by atoms with Crippen LogP contribution in [0.3, 0.4) is 0 Å². The number of sulfonamides is 1. The number of aliphatic imine (C=N–C) groups is 1. The van der Waals surface area contributed by atoms with E-state index in [2.05, 4.69) is 27.2 Å². The normalized spacial score (nSPS) is 16.0. The standard InChI is InChI=1S/C35H42N4O6S/c1-21-22(2)32(23(3)25-16-17-35(4,5)45-31(21)25)46(42,43)39-33(36)37-18-10-11-24(19-40)38-34(41)44-20-30-28-14-8-6-12-26(28)27-13-7-9-15-29(27)30/h6-9,12-15,19,24,30H,10-11,16-18,20H2,1-5H3,(H,38,41)(H3,36,37,39). The summed E-state index contributed by atoms with van der Waals surface area (Å²) in [5, 5.41) is 2.60. The predicted molar refractivity (Wildman–Crippen MR) is 178 cm³/mol. The number of hydrogen-bond acceptors (Lipinski definition) is 7. The van der Waals surface area contributed by atoms with Crippen molar-refractivity contribution < 1.29 is 27.5 Å². The van der Waals surface area contributed by atoms with Crippen molar-refractivity contribution in [3.05, 3.63) is 81.9 Å². The van der Waals surface area contributed by atoms with E-state index >= 15 is 0 Å². The molecule has 5 rings (SSSR count). The molecule has 46 heavy (non-hydrogen) atoms. The molecular formula is C35H42N4O6S. The molecule has 0 aromatic heterocycles. The highest BCUT2D eigenvalue weighted by Gasteiger charge is 2.34. The maximum Gasteiger partial charge on any atom is 0.407 e. The number of carbonyl (C=O) groups is 2. The predicted octanol–water partition coefficient (Wildman–Crippen LogP) is 5.19. The van der Waals surface area contributed by atoms with Gasteiger partial charge < -0.3 is 25.3 Å². The van der Waals surface area contributed by atoms with Crippen LogP contribution < -0.4 is 20.5 Å². The zero-order chi connectivity index (χ0) is 33.2. The fraction of sp³-hybridized carbons (Fsp3) is 0.400. The van der Waals surface area contributed by atoms with Gasteiger partial charge in [0.25, 0.3) is 10.0 Å². The fourth-order valence-corrected chi connectivity index (χ4v) is 7.97. The first-order chi connectivity index (χ1) is 21.8. The van der Waals surface area contributed by atoms with Gasteiger partial charge in [0.05, 0.1) is 10.9 Å². The lowest BCUT2D eigenvalue weighted by Crippen LogP contribution is -2.39. The largest absolute Gasteiger partial charge is 0.487 e. The lowest BCUT2D eigenvalue weighted by Gasteiger charge is -2.35. The van der Waals surface area contributed by atoms with Gasteiger partial charge in [0, 0.05) is 12.5 Å². The number of alkyl carbamates (subject to hydrolysis) is 1. The second-order valence-electron chi connectivity index (χ2n) is 12.6. The second kappa shape index (κ2) is 13.2. The van der Waals surface area contributed by atoms with E-state index in [0.29, 0.717) is 30.3 Å².